The molecule has 23 heavy (non-hydrogen) atoms. The number of hydrogen-bond acceptors (Lipinski definition) is 6. The Balaban J connectivity index is 1.42. The molecule has 1 aliphatic heterocycles. The van der Waals surface area contributed by atoms with Crippen molar-refractivity contribution in [3.05, 3.63) is 29.6 Å². The zero-order valence-corrected chi connectivity index (χ0v) is 13.9. The largest absolute Gasteiger partial charge is 0.382 e. The molecule has 1 saturated heterocycles. The molecule has 2 fully saturated rings. The summed E-state index contributed by atoms with van der Waals surface area (Å²) in [5.74, 6) is 0.651. The van der Waals surface area contributed by atoms with Gasteiger partial charge in [0, 0.05) is 35.3 Å². The molecule has 5 nitrogen and oxygen atoms in total. The van der Waals surface area contributed by atoms with Gasteiger partial charge in [0.05, 0.1) is 13.2 Å². The molecule has 1 aliphatic carbocycles. The lowest BCUT2D eigenvalue weighted by atomic mass is 9.93. The monoisotopic (exact) mass is 330 g/mol. The third-order valence-electron chi connectivity index (χ3n) is 4.93. The minimum Gasteiger partial charge on any atom is -0.382 e. The van der Waals surface area contributed by atoms with Crippen molar-refractivity contribution < 1.29 is 4.74 Å². The highest BCUT2D eigenvalue weighted by atomic mass is 32.1. The molecule has 2 heterocycles. The summed E-state index contributed by atoms with van der Waals surface area (Å²) >= 11 is 1.39. The van der Waals surface area contributed by atoms with Crippen LogP contribution in [0.25, 0.3) is 11.3 Å². The fourth-order valence-electron chi connectivity index (χ4n) is 3.75. The number of aromatic nitrogens is 2. The van der Waals surface area contributed by atoms with Gasteiger partial charge in [0.15, 0.2) is 0 Å². The topological polar surface area (TPSA) is 59.1 Å². The van der Waals surface area contributed by atoms with Crippen LogP contribution in [0.1, 0.15) is 19.3 Å². The van der Waals surface area contributed by atoms with E-state index < -0.39 is 0 Å². The van der Waals surface area contributed by atoms with Crippen molar-refractivity contribution in [3.8, 4) is 11.3 Å². The Bertz CT molecular complexity index is 610. The van der Waals surface area contributed by atoms with E-state index in [0.717, 1.165) is 31.0 Å². The highest BCUT2D eigenvalue weighted by molar-refractivity contribution is 7.03. The first kappa shape index (κ1) is 15.1. The summed E-state index contributed by atoms with van der Waals surface area (Å²) in [6.07, 6.45) is 3.81. The Morgan fingerprint density at radius 1 is 1.22 bits per heavy atom. The number of benzene rings is 1. The third-order valence-corrected chi connectivity index (χ3v) is 5.43. The Morgan fingerprint density at radius 3 is 2.87 bits per heavy atom. The standard InChI is InChI=1S/C17H22N4OS/c1-2-14(16-10-22-9-8-18-16)15(3-1)19-13-6-4-12(5-7-13)17-11-23-21-20-17/h4-7,11,14-16,18-19H,1-3,8-10H2. The van der Waals surface area contributed by atoms with Gasteiger partial charge in [-0.2, -0.15) is 0 Å². The molecule has 1 saturated carbocycles. The molecule has 0 bridgehead atoms. The fraction of sp³-hybridized carbons (Fsp3) is 0.529. The van der Waals surface area contributed by atoms with Gasteiger partial charge in [-0.25, -0.2) is 0 Å². The van der Waals surface area contributed by atoms with Crippen LogP contribution < -0.4 is 10.6 Å². The Morgan fingerprint density at radius 2 is 2.13 bits per heavy atom. The highest BCUT2D eigenvalue weighted by Gasteiger charge is 2.34. The van der Waals surface area contributed by atoms with E-state index >= 15 is 0 Å². The van der Waals surface area contributed by atoms with Crippen molar-refractivity contribution in [3.63, 3.8) is 0 Å². The van der Waals surface area contributed by atoms with Crippen LogP contribution in [0.5, 0.6) is 0 Å². The third kappa shape index (κ3) is 3.39. The van der Waals surface area contributed by atoms with E-state index in [0.29, 0.717) is 18.0 Å². The van der Waals surface area contributed by atoms with E-state index in [1.807, 2.05) is 5.38 Å². The molecule has 6 heteroatoms. The first-order valence-electron chi connectivity index (χ1n) is 8.35. The number of morpholine rings is 1. The molecule has 2 aliphatic rings. The molecule has 0 amide bonds. The van der Waals surface area contributed by atoms with Crippen LogP contribution in [0.4, 0.5) is 5.69 Å². The molecular formula is C17H22N4OS. The van der Waals surface area contributed by atoms with Gasteiger partial charge in [-0.3, -0.25) is 0 Å². The average Bonchev–Trinajstić information content (AvgIpc) is 3.28. The minimum atomic E-state index is 0.490. The van der Waals surface area contributed by atoms with Gasteiger partial charge in [0.1, 0.15) is 5.69 Å². The van der Waals surface area contributed by atoms with Crippen molar-refractivity contribution in [1.82, 2.24) is 14.9 Å². The van der Waals surface area contributed by atoms with E-state index in [2.05, 4.69) is 44.5 Å². The molecular weight excluding hydrogens is 308 g/mol. The lowest BCUT2D eigenvalue weighted by molar-refractivity contribution is 0.0559. The van der Waals surface area contributed by atoms with Gasteiger partial charge in [-0.15, -0.1) is 5.10 Å². The lowest BCUT2D eigenvalue weighted by Gasteiger charge is -2.33. The van der Waals surface area contributed by atoms with Crippen molar-refractivity contribution in [2.45, 2.75) is 31.3 Å². The van der Waals surface area contributed by atoms with Crippen molar-refractivity contribution >= 4 is 17.2 Å². The molecule has 2 aromatic rings. The van der Waals surface area contributed by atoms with E-state index in [-0.39, 0.29) is 0 Å². The second kappa shape index (κ2) is 6.95. The predicted molar refractivity (Wildman–Crippen MR) is 92.7 cm³/mol. The molecule has 3 unspecified atom stereocenters. The zero-order valence-electron chi connectivity index (χ0n) is 13.1. The second-order valence-corrected chi connectivity index (χ2v) is 6.96. The number of nitrogens with zero attached hydrogens (tertiary/aromatic N) is 2. The van der Waals surface area contributed by atoms with Crippen LogP contribution in [-0.2, 0) is 4.74 Å². The Labute approximate surface area is 140 Å². The number of anilines is 1. The van der Waals surface area contributed by atoms with Crippen molar-refractivity contribution in [2.75, 3.05) is 25.1 Å². The maximum Gasteiger partial charge on any atom is 0.105 e. The number of nitrogens with one attached hydrogen (secondary N) is 2. The molecule has 4 rings (SSSR count). The number of ether oxygens (including phenoxy) is 1. The summed E-state index contributed by atoms with van der Waals surface area (Å²) in [4.78, 5) is 0. The quantitative estimate of drug-likeness (QED) is 0.903. The normalized spacial score (nSPS) is 27.9. The summed E-state index contributed by atoms with van der Waals surface area (Å²) in [5.41, 5.74) is 3.25. The maximum atomic E-state index is 5.65. The van der Waals surface area contributed by atoms with E-state index in [1.165, 1.54) is 36.5 Å². The average molecular weight is 330 g/mol. The maximum absolute atomic E-state index is 5.65. The molecule has 0 spiro atoms. The van der Waals surface area contributed by atoms with Gasteiger partial charge in [0.2, 0.25) is 0 Å². The first-order valence-corrected chi connectivity index (χ1v) is 9.19. The summed E-state index contributed by atoms with van der Waals surface area (Å²) in [5, 5.41) is 13.5. The molecule has 1 aromatic carbocycles. The summed E-state index contributed by atoms with van der Waals surface area (Å²) in [6, 6.07) is 9.55. The molecule has 0 radical (unpaired) electrons. The van der Waals surface area contributed by atoms with Crippen LogP contribution >= 0.6 is 11.5 Å². The van der Waals surface area contributed by atoms with Crippen molar-refractivity contribution in [2.24, 2.45) is 5.92 Å². The van der Waals surface area contributed by atoms with E-state index in [9.17, 15) is 0 Å². The zero-order chi connectivity index (χ0) is 15.5. The van der Waals surface area contributed by atoms with Crippen LogP contribution in [0.15, 0.2) is 29.6 Å². The fourth-order valence-corrected chi connectivity index (χ4v) is 4.22. The van der Waals surface area contributed by atoms with Crippen LogP contribution in [0, 0.1) is 5.92 Å². The van der Waals surface area contributed by atoms with Crippen LogP contribution in [-0.4, -0.2) is 41.4 Å². The molecule has 122 valence electrons. The molecule has 1 aromatic heterocycles. The Kier molecular flexibility index (Phi) is 4.55. The first-order chi connectivity index (χ1) is 11.4. The second-order valence-electron chi connectivity index (χ2n) is 6.35. The van der Waals surface area contributed by atoms with E-state index in [1.54, 1.807) is 0 Å². The number of hydrogen-bond donors (Lipinski definition) is 2. The van der Waals surface area contributed by atoms with Crippen LogP contribution in [0.3, 0.4) is 0 Å². The van der Waals surface area contributed by atoms with Gasteiger partial charge < -0.3 is 15.4 Å². The summed E-state index contributed by atoms with van der Waals surface area (Å²) in [6.45, 7) is 2.66. The number of rotatable bonds is 4. The summed E-state index contributed by atoms with van der Waals surface area (Å²) in [7, 11) is 0. The van der Waals surface area contributed by atoms with Gasteiger partial charge in [-0.1, -0.05) is 23.0 Å². The van der Waals surface area contributed by atoms with Crippen molar-refractivity contribution in [1.29, 1.82) is 0 Å². The van der Waals surface area contributed by atoms with Gasteiger partial charge in [-0.05, 0) is 42.4 Å². The van der Waals surface area contributed by atoms with Crippen LogP contribution in [0.2, 0.25) is 0 Å². The smallest absolute Gasteiger partial charge is 0.105 e. The molecule has 2 N–H and O–H groups in total. The van der Waals surface area contributed by atoms with Gasteiger partial charge >= 0.3 is 0 Å². The minimum absolute atomic E-state index is 0.490. The molecule has 3 atom stereocenters. The summed E-state index contributed by atoms with van der Waals surface area (Å²) < 4.78 is 9.57. The van der Waals surface area contributed by atoms with E-state index in [4.69, 9.17) is 4.74 Å². The Hall–Kier alpha value is -1.50. The lowest BCUT2D eigenvalue weighted by Crippen LogP contribution is -2.49. The van der Waals surface area contributed by atoms with Gasteiger partial charge in [0.25, 0.3) is 0 Å². The predicted octanol–water partition coefficient (Wildman–Crippen LogP) is 2.77. The highest BCUT2D eigenvalue weighted by Crippen LogP contribution is 2.32. The SMILES string of the molecule is c1cc(-c2csnn2)ccc1NC1CCCC1C1COCCN1.